The average molecular weight is 286 g/mol. The third-order valence-corrected chi connectivity index (χ3v) is 4.25. The number of carbonyl (C=O) groups is 1. The van der Waals surface area contributed by atoms with Gasteiger partial charge in [0.2, 0.25) is 0 Å². The number of halogens is 3. The Labute approximate surface area is 113 Å². The predicted molar refractivity (Wildman–Crippen MR) is 63.0 cm³/mol. The van der Waals surface area contributed by atoms with Crippen LogP contribution in [-0.2, 0) is 15.7 Å². The monoisotopic (exact) mass is 286 g/mol. The quantitative estimate of drug-likeness (QED) is 0.906. The Balaban J connectivity index is 1.92. The summed E-state index contributed by atoms with van der Waals surface area (Å²) < 4.78 is 43.3. The zero-order valence-corrected chi connectivity index (χ0v) is 10.7. The fourth-order valence-corrected chi connectivity index (χ4v) is 3.45. The largest absolute Gasteiger partial charge is 0.481 e. The van der Waals surface area contributed by atoms with Crippen LogP contribution in [0.3, 0.4) is 0 Å². The van der Waals surface area contributed by atoms with Crippen LogP contribution in [0.2, 0.25) is 0 Å². The number of benzene rings is 1. The molecule has 1 aromatic carbocycles. The Morgan fingerprint density at radius 1 is 1.30 bits per heavy atom. The number of hydrogen-bond acceptors (Lipinski definition) is 2. The van der Waals surface area contributed by atoms with E-state index in [2.05, 4.69) is 0 Å². The first-order chi connectivity index (χ1) is 9.16. The van der Waals surface area contributed by atoms with Crippen LogP contribution in [0, 0.1) is 5.41 Å². The molecule has 3 aliphatic rings. The second-order valence-electron chi connectivity index (χ2n) is 5.88. The van der Waals surface area contributed by atoms with Gasteiger partial charge in [0.05, 0.1) is 17.3 Å². The summed E-state index contributed by atoms with van der Waals surface area (Å²) in [6, 6.07) is 4.54. The molecule has 1 saturated carbocycles. The van der Waals surface area contributed by atoms with E-state index in [9.17, 15) is 23.1 Å². The van der Waals surface area contributed by atoms with E-state index in [4.69, 9.17) is 4.74 Å². The van der Waals surface area contributed by atoms with Crippen molar-refractivity contribution in [3.8, 4) is 0 Å². The van der Waals surface area contributed by atoms with E-state index in [1.54, 1.807) is 0 Å². The summed E-state index contributed by atoms with van der Waals surface area (Å²) in [7, 11) is 0. The lowest BCUT2D eigenvalue weighted by Gasteiger charge is -2.39. The van der Waals surface area contributed by atoms with Crippen molar-refractivity contribution >= 4 is 5.97 Å². The van der Waals surface area contributed by atoms with Crippen molar-refractivity contribution in [2.75, 3.05) is 0 Å². The van der Waals surface area contributed by atoms with Gasteiger partial charge in [0.15, 0.2) is 0 Å². The Kier molecular flexibility index (Phi) is 2.52. The number of aliphatic carboxylic acids is 1. The van der Waals surface area contributed by atoms with E-state index in [0.717, 1.165) is 12.1 Å². The zero-order valence-electron chi connectivity index (χ0n) is 10.7. The number of carboxylic acid groups (broad SMARTS) is 1. The molecule has 1 atom stereocenters. The molecule has 1 unspecified atom stereocenters. The van der Waals surface area contributed by atoms with Crippen molar-refractivity contribution in [3.63, 3.8) is 0 Å². The van der Waals surface area contributed by atoms with Crippen LogP contribution in [0.15, 0.2) is 24.3 Å². The molecule has 3 nitrogen and oxygen atoms in total. The summed E-state index contributed by atoms with van der Waals surface area (Å²) >= 11 is 0. The van der Waals surface area contributed by atoms with Crippen LogP contribution in [0.25, 0.3) is 0 Å². The van der Waals surface area contributed by atoms with Gasteiger partial charge in [-0.2, -0.15) is 13.2 Å². The average Bonchev–Trinajstić information content (AvgIpc) is 2.77. The van der Waals surface area contributed by atoms with Crippen LogP contribution in [-0.4, -0.2) is 16.7 Å². The molecular weight excluding hydrogens is 273 g/mol. The molecule has 2 bridgehead atoms. The first kappa shape index (κ1) is 13.4. The normalized spacial score (nSPS) is 35.7. The van der Waals surface area contributed by atoms with Crippen molar-refractivity contribution in [2.45, 2.75) is 37.6 Å². The minimum Gasteiger partial charge on any atom is -0.481 e. The number of alkyl halides is 3. The van der Waals surface area contributed by atoms with Gasteiger partial charge in [0, 0.05) is 0 Å². The van der Waals surface area contributed by atoms with Gasteiger partial charge >= 0.3 is 12.1 Å². The van der Waals surface area contributed by atoms with Gasteiger partial charge in [-0.25, -0.2) is 0 Å². The first-order valence-electron chi connectivity index (χ1n) is 6.25. The lowest BCUT2D eigenvalue weighted by atomic mass is 9.60. The summed E-state index contributed by atoms with van der Waals surface area (Å²) in [6.45, 7) is 1.83. The summed E-state index contributed by atoms with van der Waals surface area (Å²) in [5.74, 6) is -0.947. The molecule has 108 valence electrons. The van der Waals surface area contributed by atoms with Gasteiger partial charge in [-0.05, 0) is 37.5 Å². The summed E-state index contributed by atoms with van der Waals surface area (Å²) in [4.78, 5) is 11.5. The molecular formula is C14H13F3O3. The molecule has 2 saturated heterocycles. The maximum Gasteiger partial charge on any atom is 0.416 e. The number of hydrogen-bond donors (Lipinski definition) is 1. The molecule has 0 spiro atoms. The van der Waals surface area contributed by atoms with Gasteiger partial charge in [0.1, 0.15) is 5.41 Å². The Morgan fingerprint density at radius 2 is 1.85 bits per heavy atom. The van der Waals surface area contributed by atoms with E-state index in [1.165, 1.54) is 12.1 Å². The van der Waals surface area contributed by atoms with Crippen molar-refractivity contribution in [2.24, 2.45) is 5.41 Å². The third kappa shape index (κ3) is 1.74. The van der Waals surface area contributed by atoms with Crippen molar-refractivity contribution in [1.82, 2.24) is 0 Å². The summed E-state index contributed by atoms with van der Waals surface area (Å²) in [6.07, 6.45) is -4.26. The van der Waals surface area contributed by atoms with Crippen molar-refractivity contribution < 1.29 is 27.8 Å². The highest BCUT2D eigenvalue weighted by Crippen LogP contribution is 2.67. The predicted octanol–water partition coefficient (Wildman–Crippen LogP) is 3.40. The molecule has 0 aromatic heterocycles. The highest BCUT2D eigenvalue weighted by molar-refractivity contribution is 5.78. The van der Waals surface area contributed by atoms with E-state index < -0.39 is 34.8 Å². The summed E-state index contributed by atoms with van der Waals surface area (Å²) in [5.41, 5.74) is -1.72. The fraction of sp³-hybridized carbons (Fsp3) is 0.500. The van der Waals surface area contributed by atoms with Crippen LogP contribution >= 0.6 is 0 Å². The Bertz CT molecular complexity index is 556. The molecule has 0 radical (unpaired) electrons. The van der Waals surface area contributed by atoms with E-state index in [0.29, 0.717) is 18.4 Å². The Morgan fingerprint density at radius 3 is 2.30 bits per heavy atom. The smallest absolute Gasteiger partial charge is 0.416 e. The molecule has 6 heteroatoms. The number of rotatable bonds is 2. The van der Waals surface area contributed by atoms with Crippen LogP contribution in [0.4, 0.5) is 13.2 Å². The van der Waals surface area contributed by atoms with Crippen LogP contribution in [0.5, 0.6) is 0 Å². The van der Waals surface area contributed by atoms with E-state index in [-0.39, 0.29) is 0 Å². The Hall–Kier alpha value is -1.56. The van der Waals surface area contributed by atoms with Gasteiger partial charge < -0.3 is 9.84 Å². The van der Waals surface area contributed by atoms with Crippen LogP contribution in [0.1, 0.15) is 37.0 Å². The maximum absolute atomic E-state index is 12.5. The molecule has 2 aliphatic heterocycles. The van der Waals surface area contributed by atoms with Gasteiger partial charge in [-0.15, -0.1) is 0 Å². The molecule has 2 heterocycles. The van der Waals surface area contributed by atoms with Crippen LogP contribution < -0.4 is 0 Å². The van der Waals surface area contributed by atoms with Gasteiger partial charge in [-0.1, -0.05) is 12.1 Å². The van der Waals surface area contributed by atoms with Crippen molar-refractivity contribution in [3.05, 3.63) is 35.4 Å². The standard InChI is InChI=1S/C14H13F3O3/c1-12-6-13(7-12,11(18)19)10(20-12)8-2-4-9(5-3-8)14(15,16)17/h2-5,10H,6-7H2,1H3,(H,18,19). The number of fused-ring (bicyclic) bond motifs is 1. The molecule has 1 N–H and O–H groups in total. The SMILES string of the molecule is CC12CC(C(=O)O)(C1)C(c1ccc(C(F)(F)F)cc1)O2. The maximum atomic E-state index is 12.5. The minimum absolute atomic E-state index is 0.404. The highest BCUT2D eigenvalue weighted by Gasteiger charge is 2.70. The van der Waals surface area contributed by atoms with E-state index >= 15 is 0 Å². The highest BCUT2D eigenvalue weighted by atomic mass is 19.4. The second-order valence-corrected chi connectivity index (χ2v) is 5.88. The van der Waals surface area contributed by atoms with Gasteiger partial charge in [-0.3, -0.25) is 4.79 Å². The first-order valence-corrected chi connectivity index (χ1v) is 6.25. The topological polar surface area (TPSA) is 46.5 Å². The lowest BCUT2D eigenvalue weighted by Crippen LogP contribution is -2.47. The molecule has 1 aromatic rings. The number of carboxylic acids is 1. The minimum atomic E-state index is -4.40. The zero-order chi connectivity index (χ0) is 14.8. The number of ether oxygens (including phenoxy) is 1. The fourth-order valence-electron chi connectivity index (χ4n) is 3.45. The molecule has 20 heavy (non-hydrogen) atoms. The molecule has 4 rings (SSSR count). The van der Waals surface area contributed by atoms with E-state index in [1.807, 2.05) is 6.92 Å². The second kappa shape index (κ2) is 3.75. The van der Waals surface area contributed by atoms with Gasteiger partial charge in [0.25, 0.3) is 0 Å². The van der Waals surface area contributed by atoms with Crippen molar-refractivity contribution in [1.29, 1.82) is 0 Å². The summed E-state index contributed by atoms with van der Waals surface area (Å²) in [5, 5.41) is 9.38. The molecule has 1 aliphatic carbocycles. The lowest BCUT2D eigenvalue weighted by molar-refractivity contribution is -0.154. The molecule has 3 fully saturated rings. The molecule has 0 amide bonds. The third-order valence-electron chi connectivity index (χ3n) is 4.25.